The predicted octanol–water partition coefficient (Wildman–Crippen LogP) is 4.67. The lowest BCUT2D eigenvalue weighted by atomic mass is 9.75. The Bertz CT molecular complexity index is 411. The van der Waals surface area contributed by atoms with Crippen molar-refractivity contribution in [3.63, 3.8) is 0 Å². The molecule has 0 aromatic heterocycles. The van der Waals surface area contributed by atoms with E-state index in [0.29, 0.717) is 6.54 Å². The lowest BCUT2D eigenvalue weighted by molar-refractivity contribution is -0.274. The second-order valence-corrected chi connectivity index (χ2v) is 5.53. The van der Waals surface area contributed by atoms with Crippen LogP contribution < -0.4 is 10.5 Å². The van der Waals surface area contributed by atoms with Crippen LogP contribution in [0.1, 0.15) is 45.1 Å². The number of ether oxygens (including phenoxy) is 1. The Morgan fingerprint density at radius 2 is 1.71 bits per heavy atom. The van der Waals surface area contributed by atoms with Gasteiger partial charge in [0.25, 0.3) is 0 Å². The van der Waals surface area contributed by atoms with E-state index in [9.17, 15) is 13.2 Å². The molecule has 0 heterocycles. The molecule has 0 bridgehead atoms. The highest BCUT2D eigenvalue weighted by molar-refractivity contribution is 5.28. The standard InChI is InChI=1S/C16H24F3NO/c1-3-5-10-15(4-2,12-20)11-13-6-8-14(9-7-13)21-16(17,18)19/h6-9H,3-5,10-12,20H2,1-2H3. The fourth-order valence-corrected chi connectivity index (χ4v) is 2.50. The van der Waals surface area contributed by atoms with Crippen molar-refractivity contribution in [2.75, 3.05) is 6.54 Å². The summed E-state index contributed by atoms with van der Waals surface area (Å²) >= 11 is 0. The third kappa shape index (κ3) is 5.96. The van der Waals surface area contributed by atoms with Gasteiger partial charge in [-0.25, -0.2) is 0 Å². The molecular weight excluding hydrogens is 279 g/mol. The van der Waals surface area contributed by atoms with Crippen molar-refractivity contribution in [2.45, 2.75) is 52.3 Å². The number of hydrogen-bond acceptors (Lipinski definition) is 2. The SMILES string of the molecule is CCCCC(CC)(CN)Cc1ccc(OC(F)(F)F)cc1. The first kappa shape index (κ1) is 17.8. The average Bonchev–Trinajstić information content (AvgIpc) is 2.44. The molecule has 1 rings (SSSR count). The van der Waals surface area contributed by atoms with Gasteiger partial charge in [0.2, 0.25) is 0 Å². The third-order valence-electron chi connectivity index (χ3n) is 3.98. The first-order valence-electron chi connectivity index (χ1n) is 7.39. The van der Waals surface area contributed by atoms with Crippen LogP contribution in [0, 0.1) is 5.41 Å². The van der Waals surface area contributed by atoms with Gasteiger partial charge in [-0.05, 0) is 48.9 Å². The summed E-state index contributed by atoms with van der Waals surface area (Å²) in [6, 6.07) is 6.10. The van der Waals surface area contributed by atoms with Gasteiger partial charge in [0, 0.05) is 0 Å². The molecule has 0 spiro atoms. The fourth-order valence-electron chi connectivity index (χ4n) is 2.50. The van der Waals surface area contributed by atoms with Gasteiger partial charge >= 0.3 is 6.36 Å². The highest BCUT2D eigenvalue weighted by Gasteiger charge is 2.31. The molecule has 0 aliphatic carbocycles. The Morgan fingerprint density at radius 3 is 2.14 bits per heavy atom. The van der Waals surface area contributed by atoms with Gasteiger partial charge in [0.05, 0.1) is 0 Å². The molecule has 0 aliphatic rings. The molecule has 0 fully saturated rings. The van der Waals surface area contributed by atoms with Gasteiger partial charge in [-0.3, -0.25) is 0 Å². The molecule has 0 aliphatic heterocycles. The van der Waals surface area contributed by atoms with Crippen LogP contribution in [0.25, 0.3) is 0 Å². The van der Waals surface area contributed by atoms with E-state index >= 15 is 0 Å². The van der Waals surface area contributed by atoms with E-state index < -0.39 is 6.36 Å². The molecule has 0 saturated carbocycles. The van der Waals surface area contributed by atoms with Crippen molar-refractivity contribution in [2.24, 2.45) is 11.1 Å². The maximum absolute atomic E-state index is 12.1. The molecule has 2 N–H and O–H groups in total. The zero-order chi connectivity index (χ0) is 15.9. The molecule has 1 atom stereocenters. The van der Waals surface area contributed by atoms with Crippen molar-refractivity contribution in [1.82, 2.24) is 0 Å². The molecule has 1 unspecified atom stereocenters. The monoisotopic (exact) mass is 303 g/mol. The maximum atomic E-state index is 12.1. The Morgan fingerprint density at radius 1 is 1.10 bits per heavy atom. The second-order valence-electron chi connectivity index (χ2n) is 5.53. The molecule has 1 aromatic rings. The number of nitrogens with two attached hydrogens (primary N) is 1. The summed E-state index contributed by atoms with van der Waals surface area (Å²) in [5.74, 6) is -0.186. The molecule has 21 heavy (non-hydrogen) atoms. The summed E-state index contributed by atoms with van der Waals surface area (Å²) < 4.78 is 40.2. The van der Waals surface area contributed by atoms with Crippen LogP contribution in [0.15, 0.2) is 24.3 Å². The zero-order valence-electron chi connectivity index (χ0n) is 12.7. The van der Waals surface area contributed by atoms with Gasteiger partial charge in [0.1, 0.15) is 5.75 Å². The first-order valence-corrected chi connectivity index (χ1v) is 7.39. The van der Waals surface area contributed by atoms with Gasteiger partial charge in [-0.1, -0.05) is 38.8 Å². The lowest BCUT2D eigenvalue weighted by Crippen LogP contribution is -2.32. The number of unbranched alkanes of at least 4 members (excludes halogenated alkanes) is 1. The highest BCUT2D eigenvalue weighted by atomic mass is 19.4. The van der Waals surface area contributed by atoms with Crippen LogP contribution in [0.2, 0.25) is 0 Å². The van der Waals surface area contributed by atoms with Crippen molar-refractivity contribution in [3.05, 3.63) is 29.8 Å². The van der Waals surface area contributed by atoms with Crippen molar-refractivity contribution < 1.29 is 17.9 Å². The van der Waals surface area contributed by atoms with Gasteiger partial charge < -0.3 is 10.5 Å². The van der Waals surface area contributed by atoms with Gasteiger partial charge in [0.15, 0.2) is 0 Å². The van der Waals surface area contributed by atoms with Crippen molar-refractivity contribution >= 4 is 0 Å². The van der Waals surface area contributed by atoms with Gasteiger partial charge in [-0.2, -0.15) is 0 Å². The molecule has 2 nitrogen and oxygen atoms in total. The van der Waals surface area contributed by atoms with E-state index in [4.69, 9.17) is 5.73 Å². The van der Waals surface area contributed by atoms with Crippen LogP contribution in [0.5, 0.6) is 5.75 Å². The largest absolute Gasteiger partial charge is 0.573 e. The van der Waals surface area contributed by atoms with Crippen LogP contribution in [-0.2, 0) is 6.42 Å². The topological polar surface area (TPSA) is 35.2 Å². The maximum Gasteiger partial charge on any atom is 0.573 e. The molecular formula is C16H24F3NO. The minimum absolute atomic E-state index is 0.0302. The zero-order valence-corrected chi connectivity index (χ0v) is 12.7. The highest BCUT2D eigenvalue weighted by Crippen LogP contribution is 2.33. The molecule has 0 radical (unpaired) electrons. The van der Waals surface area contributed by atoms with Gasteiger partial charge in [-0.15, -0.1) is 13.2 Å². The quantitative estimate of drug-likeness (QED) is 0.757. The van der Waals surface area contributed by atoms with E-state index in [0.717, 1.165) is 37.7 Å². The Labute approximate surface area is 124 Å². The number of benzene rings is 1. The first-order chi connectivity index (χ1) is 9.84. The Kier molecular flexibility index (Phi) is 6.52. The lowest BCUT2D eigenvalue weighted by Gasteiger charge is -2.31. The number of alkyl halides is 3. The van der Waals surface area contributed by atoms with Crippen LogP contribution in [-0.4, -0.2) is 12.9 Å². The van der Waals surface area contributed by atoms with E-state index in [1.807, 2.05) is 0 Å². The van der Waals surface area contributed by atoms with Crippen LogP contribution >= 0.6 is 0 Å². The molecule has 120 valence electrons. The Balaban J connectivity index is 2.76. The summed E-state index contributed by atoms with van der Waals surface area (Å²) in [5.41, 5.74) is 6.97. The summed E-state index contributed by atoms with van der Waals surface area (Å²) in [5, 5.41) is 0. The minimum Gasteiger partial charge on any atom is -0.406 e. The molecule has 1 aromatic carbocycles. The van der Waals surface area contributed by atoms with E-state index in [1.165, 1.54) is 12.1 Å². The van der Waals surface area contributed by atoms with E-state index in [-0.39, 0.29) is 11.2 Å². The van der Waals surface area contributed by atoms with E-state index in [2.05, 4.69) is 18.6 Å². The number of hydrogen-bond donors (Lipinski definition) is 1. The summed E-state index contributed by atoms with van der Waals surface area (Å²) in [6.07, 6.45) is 0.362. The van der Waals surface area contributed by atoms with Crippen LogP contribution in [0.3, 0.4) is 0 Å². The normalized spacial score (nSPS) is 14.8. The average molecular weight is 303 g/mol. The fraction of sp³-hybridized carbons (Fsp3) is 0.625. The molecule has 5 heteroatoms. The minimum atomic E-state index is -4.65. The van der Waals surface area contributed by atoms with Crippen molar-refractivity contribution in [1.29, 1.82) is 0 Å². The van der Waals surface area contributed by atoms with E-state index in [1.54, 1.807) is 12.1 Å². The summed E-state index contributed by atoms with van der Waals surface area (Å²) in [7, 11) is 0. The summed E-state index contributed by atoms with van der Waals surface area (Å²) in [6.45, 7) is 4.84. The van der Waals surface area contributed by atoms with Crippen molar-refractivity contribution in [3.8, 4) is 5.75 Å². The molecule has 0 saturated heterocycles. The Hall–Kier alpha value is -1.23. The van der Waals surface area contributed by atoms with Crippen LogP contribution in [0.4, 0.5) is 13.2 Å². The predicted molar refractivity (Wildman–Crippen MR) is 78.1 cm³/mol. The summed E-state index contributed by atoms with van der Waals surface area (Å²) in [4.78, 5) is 0. The molecule has 0 amide bonds. The number of halogens is 3. The number of rotatable bonds is 8. The smallest absolute Gasteiger partial charge is 0.406 e. The second kappa shape index (κ2) is 7.69. The third-order valence-corrected chi connectivity index (χ3v) is 3.98.